The monoisotopic (exact) mass is 355 g/mol. The zero-order chi connectivity index (χ0) is 16.7. The SMILES string of the molecule is Cc1ccc(S(=O)(=O)N2Cc3ccccc3C2c2cccs2)cc1. The van der Waals surface area contributed by atoms with Crippen molar-refractivity contribution >= 4 is 21.4 Å². The van der Waals surface area contributed by atoms with Gasteiger partial charge >= 0.3 is 0 Å². The number of hydrogen-bond acceptors (Lipinski definition) is 3. The van der Waals surface area contributed by atoms with Crippen LogP contribution in [0.15, 0.2) is 70.9 Å². The number of thiophene rings is 1. The van der Waals surface area contributed by atoms with E-state index >= 15 is 0 Å². The standard InChI is InChI=1S/C19H17NO2S2/c1-14-8-10-16(11-9-14)24(21,22)20-13-15-5-2-3-6-17(15)19(20)18-7-4-12-23-18/h2-12,19H,13H2,1H3. The van der Waals surface area contributed by atoms with E-state index < -0.39 is 10.0 Å². The van der Waals surface area contributed by atoms with Gasteiger partial charge in [0.1, 0.15) is 0 Å². The van der Waals surface area contributed by atoms with E-state index in [-0.39, 0.29) is 6.04 Å². The molecular formula is C19H17NO2S2. The molecule has 0 saturated heterocycles. The first-order valence-corrected chi connectivity index (χ1v) is 10.1. The van der Waals surface area contributed by atoms with E-state index in [1.165, 1.54) is 0 Å². The summed E-state index contributed by atoms with van der Waals surface area (Å²) in [7, 11) is -3.56. The maximum absolute atomic E-state index is 13.3. The minimum absolute atomic E-state index is 0.243. The Morgan fingerprint density at radius 1 is 1.00 bits per heavy atom. The molecule has 1 atom stereocenters. The Bertz CT molecular complexity index is 961. The first-order chi connectivity index (χ1) is 11.6. The molecule has 2 heterocycles. The predicted octanol–water partition coefficient (Wildman–Crippen LogP) is 4.35. The maximum Gasteiger partial charge on any atom is 0.244 e. The Morgan fingerprint density at radius 2 is 1.75 bits per heavy atom. The van der Waals surface area contributed by atoms with E-state index in [0.29, 0.717) is 11.4 Å². The van der Waals surface area contributed by atoms with Crippen molar-refractivity contribution in [1.82, 2.24) is 4.31 Å². The van der Waals surface area contributed by atoms with Gasteiger partial charge in [0, 0.05) is 11.4 Å². The molecule has 5 heteroatoms. The third-order valence-electron chi connectivity index (χ3n) is 4.40. The minimum Gasteiger partial charge on any atom is -0.207 e. The molecule has 3 nitrogen and oxygen atoms in total. The number of hydrogen-bond donors (Lipinski definition) is 0. The fourth-order valence-corrected chi connectivity index (χ4v) is 5.66. The highest BCUT2D eigenvalue weighted by atomic mass is 32.2. The number of nitrogens with zero attached hydrogens (tertiary/aromatic N) is 1. The second-order valence-corrected chi connectivity index (χ2v) is 8.85. The van der Waals surface area contributed by atoms with E-state index in [4.69, 9.17) is 0 Å². The highest BCUT2D eigenvalue weighted by Crippen LogP contribution is 2.43. The predicted molar refractivity (Wildman–Crippen MR) is 96.5 cm³/mol. The van der Waals surface area contributed by atoms with Gasteiger partial charge in [-0.05, 0) is 41.6 Å². The molecule has 4 rings (SSSR count). The van der Waals surface area contributed by atoms with Crippen LogP contribution in [-0.4, -0.2) is 12.7 Å². The second-order valence-electron chi connectivity index (χ2n) is 5.98. The topological polar surface area (TPSA) is 37.4 Å². The van der Waals surface area contributed by atoms with Crippen molar-refractivity contribution in [3.63, 3.8) is 0 Å². The van der Waals surface area contributed by atoms with E-state index in [2.05, 4.69) is 0 Å². The smallest absolute Gasteiger partial charge is 0.207 e. The third-order valence-corrected chi connectivity index (χ3v) is 7.15. The van der Waals surface area contributed by atoms with Gasteiger partial charge in [-0.3, -0.25) is 0 Å². The second kappa shape index (κ2) is 5.84. The summed E-state index contributed by atoms with van der Waals surface area (Å²) in [6, 6.07) is 18.8. The van der Waals surface area contributed by atoms with Crippen molar-refractivity contribution in [2.45, 2.75) is 24.4 Å². The lowest BCUT2D eigenvalue weighted by Crippen LogP contribution is -2.30. The number of benzene rings is 2. The van der Waals surface area contributed by atoms with Gasteiger partial charge in [0.15, 0.2) is 0 Å². The lowest BCUT2D eigenvalue weighted by atomic mass is 10.0. The molecule has 3 aromatic rings. The summed E-state index contributed by atoms with van der Waals surface area (Å²) >= 11 is 1.60. The van der Waals surface area contributed by atoms with Crippen molar-refractivity contribution in [3.05, 3.63) is 87.6 Å². The highest BCUT2D eigenvalue weighted by Gasteiger charge is 2.40. The van der Waals surface area contributed by atoms with Crippen molar-refractivity contribution in [1.29, 1.82) is 0 Å². The largest absolute Gasteiger partial charge is 0.244 e. The molecule has 0 N–H and O–H groups in total. The quantitative estimate of drug-likeness (QED) is 0.700. The molecular weight excluding hydrogens is 338 g/mol. The Balaban J connectivity index is 1.84. The first kappa shape index (κ1) is 15.6. The van der Waals surface area contributed by atoms with Gasteiger partial charge in [-0.15, -0.1) is 11.3 Å². The highest BCUT2D eigenvalue weighted by molar-refractivity contribution is 7.89. The molecule has 1 unspecified atom stereocenters. The Labute approximate surface area is 146 Å². The van der Waals surface area contributed by atoms with Gasteiger partial charge in [-0.1, -0.05) is 48.0 Å². The fraction of sp³-hybridized carbons (Fsp3) is 0.158. The van der Waals surface area contributed by atoms with E-state index in [1.807, 2.05) is 60.8 Å². The molecule has 0 bridgehead atoms. The van der Waals surface area contributed by atoms with Gasteiger partial charge in [-0.2, -0.15) is 4.31 Å². The van der Waals surface area contributed by atoms with Crippen LogP contribution in [0.1, 0.15) is 27.6 Å². The molecule has 122 valence electrons. The number of fused-ring (bicyclic) bond motifs is 1. The molecule has 0 fully saturated rings. The molecule has 0 amide bonds. The Hall–Kier alpha value is -1.95. The zero-order valence-electron chi connectivity index (χ0n) is 13.2. The summed E-state index contributed by atoms with van der Waals surface area (Å²) < 4.78 is 28.1. The van der Waals surface area contributed by atoms with E-state index in [1.54, 1.807) is 27.8 Å². The summed E-state index contributed by atoms with van der Waals surface area (Å²) in [6.07, 6.45) is 0. The Kier molecular flexibility index (Phi) is 3.79. The van der Waals surface area contributed by atoms with Gasteiger partial charge in [0.2, 0.25) is 10.0 Å². The number of sulfonamides is 1. The van der Waals surface area contributed by atoms with Crippen molar-refractivity contribution in [2.75, 3.05) is 0 Å². The fourth-order valence-electron chi connectivity index (χ4n) is 3.17. The van der Waals surface area contributed by atoms with Crippen LogP contribution in [-0.2, 0) is 16.6 Å². The van der Waals surface area contributed by atoms with Gasteiger partial charge < -0.3 is 0 Å². The summed E-state index contributed by atoms with van der Waals surface area (Å²) in [5.41, 5.74) is 3.20. The third kappa shape index (κ3) is 2.49. The van der Waals surface area contributed by atoms with Crippen LogP contribution in [0.25, 0.3) is 0 Å². The summed E-state index contributed by atoms with van der Waals surface area (Å²) in [5, 5.41) is 1.99. The van der Waals surface area contributed by atoms with Gasteiger partial charge in [-0.25, -0.2) is 8.42 Å². The maximum atomic E-state index is 13.3. The van der Waals surface area contributed by atoms with E-state index in [0.717, 1.165) is 21.6 Å². The van der Waals surface area contributed by atoms with Crippen molar-refractivity contribution < 1.29 is 8.42 Å². The zero-order valence-corrected chi connectivity index (χ0v) is 14.8. The van der Waals surface area contributed by atoms with Crippen LogP contribution in [0.5, 0.6) is 0 Å². The summed E-state index contributed by atoms with van der Waals surface area (Å²) in [6.45, 7) is 2.37. The molecule has 0 radical (unpaired) electrons. The molecule has 0 spiro atoms. The number of rotatable bonds is 3. The first-order valence-electron chi connectivity index (χ1n) is 7.77. The average Bonchev–Trinajstić information content (AvgIpc) is 3.22. The normalized spacial score (nSPS) is 17.8. The molecule has 1 aliphatic heterocycles. The van der Waals surface area contributed by atoms with Crippen molar-refractivity contribution in [3.8, 4) is 0 Å². The molecule has 2 aromatic carbocycles. The lowest BCUT2D eigenvalue weighted by molar-refractivity contribution is 0.391. The molecule has 1 aliphatic rings. The van der Waals surface area contributed by atoms with Crippen molar-refractivity contribution in [2.24, 2.45) is 0 Å². The molecule has 1 aromatic heterocycles. The molecule has 24 heavy (non-hydrogen) atoms. The van der Waals surface area contributed by atoms with E-state index in [9.17, 15) is 8.42 Å². The summed E-state index contributed by atoms with van der Waals surface area (Å²) in [5.74, 6) is 0. The van der Waals surface area contributed by atoms with Gasteiger partial charge in [0.05, 0.1) is 10.9 Å². The number of aryl methyl sites for hydroxylation is 1. The lowest BCUT2D eigenvalue weighted by Gasteiger charge is -2.24. The Morgan fingerprint density at radius 3 is 2.46 bits per heavy atom. The minimum atomic E-state index is -3.56. The van der Waals surface area contributed by atoms with Crippen LogP contribution >= 0.6 is 11.3 Å². The summed E-state index contributed by atoms with van der Waals surface area (Å²) in [4.78, 5) is 1.40. The van der Waals surface area contributed by atoms with Crippen LogP contribution in [0.4, 0.5) is 0 Å². The molecule has 0 aliphatic carbocycles. The van der Waals surface area contributed by atoms with Crippen LogP contribution in [0, 0.1) is 6.92 Å². The average molecular weight is 355 g/mol. The van der Waals surface area contributed by atoms with Crippen LogP contribution in [0.2, 0.25) is 0 Å². The van der Waals surface area contributed by atoms with Crippen LogP contribution < -0.4 is 0 Å². The van der Waals surface area contributed by atoms with Crippen LogP contribution in [0.3, 0.4) is 0 Å². The molecule has 0 saturated carbocycles. The van der Waals surface area contributed by atoms with Gasteiger partial charge in [0.25, 0.3) is 0 Å².